The summed E-state index contributed by atoms with van der Waals surface area (Å²) in [4.78, 5) is 18.2. The number of hydrogen-bond donors (Lipinski definition) is 2. The van der Waals surface area contributed by atoms with Crippen LogP contribution in [-0.2, 0) is 0 Å². The maximum Gasteiger partial charge on any atom is 0.348 e. The molecule has 0 spiro atoms. The maximum absolute atomic E-state index is 11.7. The van der Waals surface area contributed by atoms with E-state index in [1.54, 1.807) is 18.3 Å². The SMILES string of the molecule is O=c1[nH]c(=S)nc2c(-c3cccc(Cl)c3)c[nH]n12. The lowest BCUT2D eigenvalue weighted by Gasteiger charge is -1.99. The second-order valence-corrected chi connectivity index (χ2v) is 4.53. The molecule has 0 radical (unpaired) electrons. The maximum atomic E-state index is 11.7. The molecule has 5 nitrogen and oxygen atoms in total. The zero-order chi connectivity index (χ0) is 12.7. The van der Waals surface area contributed by atoms with E-state index >= 15 is 0 Å². The molecule has 2 N–H and O–H groups in total. The topological polar surface area (TPSA) is 66.0 Å². The number of H-pyrrole nitrogens is 2. The van der Waals surface area contributed by atoms with Gasteiger partial charge in [-0.05, 0) is 29.9 Å². The first-order valence-corrected chi connectivity index (χ1v) is 5.90. The third-order valence-corrected chi connectivity index (χ3v) is 2.98. The van der Waals surface area contributed by atoms with Crippen molar-refractivity contribution in [1.29, 1.82) is 0 Å². The molecule has 2 heterocycles. The summed E-state index contributed by atoms with van der Waals surface area (Å²) in [6.07, 6.45) is 1.69. The van der Waals surface area contributed by atoms with Crippen molar-refractivity contribution < 1.29 is 0 Å². The minimum atomic E-state index is -0.349. The van der Waals surface area contributed by atoms with Crippen LogP contribution in [0.25, 0.3) is 16.8 Å². The Bertz CT molecular complexity index is 848. The third kappa shape index (κ3) is 1.75. The van der Waals surface area contributed by atoms with E-state index in [-0.39, 0.29) is 10.5 Å². The van der Waals surface area contributed by atoms with E-state index in [9.17, 15) is 4.79 Å². The number of hydrogen-bond acceptors (Lipinski definition) is 3. The Morgan fingerprint density at radius 3 is 3.00 bits per heavy atom. The van der Waals surface area contributed by atoms with E-state index in [0.717, 1.165) is 11.1 Å². The van der Waals surface area contributed by atoms with Gasteiger partial charge < -0.3 is 0 Å². The standard InChI is InChI=1S/C11H7ClN4OS/c12-7-3-1-2-6(4-7)8-5-13-16-9(8)14-10(18)15-11(16)17/h1-5,13H,(H,15,17,18). The molecule has 90 valence electrons. The molecule has 0 aliphatic heterocycles. The monoisotopic (exact) mass is 278 g/mol. The number of aromatic nitrogens is 4. The smallest absolute Gasteiger partial charge is 0.295 e. The molecule has 0 aliphatic carbocycles. The predicted octanol–water partition coefficient (Wildman–Crippen LogP) is 2.40. The van der Waals surface area contributed by atoms with Gasteiger partial charge in [-0.2, -0.15) is 9.50 Å². The molecule has 0 amide bonds. The summed E-state index contributed by atoms with van der Waals surface area (Å²) in [5.74, 6) is 0. The molecule has 0 bridgehead atoms. The molecule has 0 fully saturated rings. The Kier molecular flexibility index (Phi) is 2.53. The predicted molar refractivity (Wildman–Crippen MR) is 71.4 cm³/mol. The first-order chi connectivity index (χ1) is 8.65. The van der Waals surface area contributed by atoms with Crippen molar-refractivity contribution in [3.63, 3.8) is 0 Å². The van der Waals surface area contributed by atoms with Gasteiger partial charge in [0, 0.05) is 16.8 Å². The zero-order valence-electron chi connectivity index (χ0n) is 8.98. The Morgan fingerprint density at radius 1 is 1.39 bits per heavy atom. The molecule has 0 aliphatic rings. The number of fused-ring (bicyclic) bond motifs is 1. The van der Waals surface area contributed by atoms with Gasteiger partial charge in [0.15, 0.2) is 5.65 Å². The van der Waals surface area contributed by atoms with Crippen LogP contribution in [0.1, 0.15) is 0 Å². The molecular weight excluding hydrogens is 272 g/mol. The largest absolute Gasteiger partial charge is 0.348 e. The van der Waals surface area contributed by atoms with E-state index in [4.69, 9.17) is 23.8 Å². The summed E-state index contributed by atoms with van der Waals surface area (Å²) < 4.78 is 1.45. The van der Waals surface area contributed by atoms with Gasteiger partial charge in [0.05, 0.1) is 0 Å². The average Bonchev–Trinajstić information content (AvgIpc) is 2.72. The number of rotatable bonds is 1. The number of nitrogens with zero attached hydrogens (tertiary/aromatic N) is 2. The van der Waals surface area contributed by atoms with E-state index < -0.39 is 0 Å². The van der Waals surface area contributed by atoms with Crippen molar-refractivity contribution in [1.82, 2.24) is 19.6 Å². The Labute approximate surface area is 111 Å². The third-order valence-electron chi connectivity index (χ3n) is 2.55. The Morgan fingerprint density at radius 2 is 2.22 bits per heavy atom. The summed E-state index contributed by atoms with van der Waals surface area (Å²) in [7, 11) is 0. The van der Waals surface area contributed by atoms with Gasteiger partial charge in [0.1, 0.15) is 0 Å². The fourth-order valence-corrected chi connectivity index (χ4v) is 2.14. The Hall–Kier alpha value is -1.92. The molecular formula is C11H7ClN4OS. The van der Waals surface area contributed by atoms with Gasteiger partial charge in [0.25, 0.3) is 0 Å². The van der Waals surface area contributed by atoms with Crippen LogP contribution >= 0.6 is 23.8 Å². The first kappa shape index (κ1) is 11.2. The lowest BCUT2D eigenvalue weighted by Crippen LogP contribution is -2.18. The van der Waals surface area contributed by atoms with Crippen molar-refractivity contribution in [3.8, 4) is 11.1 Å². The fraction of sp³-hybridized carbons (Fsp3) is 0. The molecule has 0 unspecified atom stereocenters. The van der Waals surface area contributed by atoms with Crippen LogP contribution in [0.4, 0.5) is 0 Å². The summed E-state index contributed by atoms with van der Waals surface area (Å²) >= 11 is 10.9. The van der Waals surface area contributed by atoms with Crippen LogP contribution in [-0.4, -0.2) is 19.6 Å². The molecule has 0 saturated heterocycles. The highest BCUT2D eigenvalue weighted by atomic mass is 35.5. The molecule has 1 aromatic carbocycles. The first-order valence-electron chi connectivity index (χ1n) is 5.11. The molecule has 3 aromatic rings. The van der Waals surface area contributed by atoms with Crippen molar-refractivity contribution in [2.45, 2.75) is 0 Å². The number of benzene rings is 1. The molecule has 0 saturated carbocycles. The van der Waals surface area contributed by atoms with Crippen LogP contribution in [0.15, 0.2) is 35.3 Å². The number of aromatic amines is 2. The van der Waals surface area contributed by atoms with Crippen LogP contribution in [0.3, 0.4) is 0 Å². The van der Waals surface area contributed by atoms with Crippen LogP contribution < -0.4 is 5.69 Å². The highest BCUT2D eigenvalue weighted by Gasteiger charge is 2.09. The van der Waals surface area contributed by atoms with Gasteiger partial charge >= 0.3 is 5.69 Å². The summed E-state index contributed by atoms with van der Waals surface area (Å²) in [5.41, 5.74) is 1.77. The van der Waals surface area contributed by atoms with Crippen LogP contribution in [0.2, 0.25) is 5.02 Å². The lowest BCUT2D eigenvalue weighted by molar-refractivity contribution is 0.833. The second kappa shape index (κ2) is 4.08. The molecule has 7 heteroatoms. The van der Waals surface area contributed by atoms with E-state index in [1.807, 2.05) is 12.1 Å². The van der Waals surface area contributed by atoms with Gasteiger partial charge in [-0.3, -0.25) is 10.1 Å². The molecule has 3 rings (SSSR count). The highest BCUT2D eigenvalue weighted by Crippen LogP contribution is 2.24. The molecule has 0 atom stereocenters. The van der Waals surface area contributed by atoms with Crippen LogP contribution in [0.5, 0.6) is 0 Å². The van der Waals surface area contributed by atoms with Crippen molar-refractivity contribution >= 4 is 29.5 Å². The Balaban J connectivity index is 2.37. The van der Waals surface area contributed by atoms with Gasteiger partial charge in [-0.25, -0.2) is 4.79 Å². The highest BCUT2D eigenvalue weighted by molar-refractivity contribution is 7.71. The van der Waals surface area contributed by atoms with E-state index in [0.29, 0.717) is 10.7 Å². The quantitative estimate of drug-likeness (QED) is 0.672. The summed E-state index contributed by atoms with van der Waals surface area (Å²) in [6, 6.07) is 7.31. The van der Waals surface area contributed by atoms with E-state index in [1.165, 1.54) is 4.52 Å². The minimum Gasteiger partial charge on any atom is -0.295 e. The van der Waals surface area contributed by atoms with Gasteiger partial charge in [-0.15, -0.1) is 0 Å². The average molecular weight is 279 g/mol. The van der Waals surface area contributed by atoms with E-state index in [2.05, 4.69) is 15.1 Å². The lowest BCUT2D eigenvalue weighted by atomic mass is 10.1. The summed E-state index contributed by atoms with van der Waals surface area (Å²) in [5, 5.41) is 3.44. The van der Waals surface area contributed by atoms with Crippen molar-refractivity contribution in [2.24, 2.45) is 0 Å². The van der Waals surface area contributed by atoms with Crippen molar-refractivity contribution in [2.75, 3.05) is 0 Å². The van der Waals surface area contributed by atoms with Crippen LogP contribution in [0, 0.1) is 4.77 Å². The minimum absolute atomic E-state index is 0.155. The fourth-order valence-electron chi connectivity index (χ4n) is 1.78. The summed E-state index contributed by atoms with van der Waals surface area (Å²) in [6.45, 7) is 0. The van der Waals surface area contributed by atoms with Gasteiger partial charge in [-0.1, -0.05) is 23.7 Å². The molecule has 18 heavy (non-hydrogen) atoms. The number of nitrogens with one attached hydrogen (secondary N) is 2. The van der Waals surface area contributed by atoms with Crippen molar-refractivity contribution in [3.05, 3.63) is 50.7 Å². The second-order valence-electron chi connectivity index (χ2n) is 3.70. The zero-order valence-corrected chi connectivity index (χ0v) is 10.5. The molecule has 2 aromatic heterocycles. The van der Waals surface area contributed by atoms with Gasteiger partial charge in [0.2, 0.25) is 4.77 Å². The number of halogens is 1. The normalized spacial score (nSPS) is 10.9.